The number of nitrogens with zero attached hydrogens (tertiary/aromatic N) is 7. The standard InChI is InChI=1S/3C20H23N.C19H23ClN2.C19H24N2.C19H21NO.C19H19N/c1-21-14-6-12-20-13-11-15(16-7-2-4-9-18(16)20)17-8-3-5-10-19(17)20;1-21(2)15-7-12-20-18-10-5-3-8-16(18)13-14-17-9-4-6-11-19(17)20;1-21(2)17-9-8-14-19-12-6-7-13-20(19)16-15-18-10-4-3-5-11-18;1-21(2)12-5-13-22-18-7-4-3-6-15(18)8-9-16-10-11-17(20)14-19(16)22;1-20(2)14-7-15-21-18-10-5-3-8-16(18)12-13-17-9-4-6-11-19(17)21;1-20(2)13-7-11-17-16-9-4-3-8-15(16)14-21-19-12-6-5-10-18(17)19;1-20-14-6-11-19-17-9-4-2-7-15(17)12-13-16-8-3-5-10-18(16)19/h2-5,7-10,15,21H,6,11-14H2,1H3;3-6,8-12H,7,13-15H2,1-2H3;3-8,10-16H,9,17H2,1-2H3;3-4,6-7,10-11,14H,5,8-9,12-13H2,1-2H3;3-6,8-11H,7,12-15H2,1-2H3;3-6,8-12H,7,13-14H2,1-2H3;2-5,7-13,20H,6,14H2,1H3/b;;14-8+,16-15-;;;17-11+;. The lowest BCUT2D eigenvalue weighted by atomic mass is 9.54. The Morgan fingerprint density at radius 2 is 0.728 bits per heavy atom. The zero-order valence-electron chi connectivity index (χ0n) is 89.4. The Morgan fingerprint density at radius 3 is 1.24 bits per heavy atom. The summed E-state index contributed by atoms with van der Waals surface area (Å²) in [6.45, 7) is 10.3. The van der Waals surface area contributed by atoms with Crippen molar-refractivity contribution in [1.29, 1.82) is 0 Å². The van der Waals surface area contributed by atoms with E-state index in [4.69, 9.17) is 16.3 Å². The lowest BCUT2D eigenvalue weighted by molar-refractivity contribution is 0.307. The van der Waals surface area contributed by atoms with Gasteiger partial charge in [-0.05, 0) is 383 Å². The van der Waals surface area contributed by atoms with Crippen molar-refractivity contribution in [2.24, 2.45) is 0 Å². The maximum absolute atomic E-state index is 6.27. The molecule has 758 valence electrons. The summed E-state index contributed by atoms with van der Waals surface area (Å²) in [6.07, 6.45) is 38.7. The van der Waals surface area contributed by atoms with E-state index in [-0.39, 0.29) is 5.41 Å². The second kappa shape index (κ2) is 55.6. The summed E-state index contributed by atoms with van der Waals surface area (Å²) in [5, 5.41) is 7.34. The Bertz CT molecular complexity index is 6390. The summed E-state index contributed by atoms with van der Waals surface area (Å²) in [4.78, 5) is 16.1. The second-order valence-corrected chi connectivity index (χ2v) is 41.3. The highest BCUT2D eigenvalue weighted by Crippen LogP contribution is 2.58. The van der Waals surface area contributed by atoms with Crippen molar-refractivity contribution < 1.29 is 4.74 Å². The first-order chi connectivity index (χ1) is 71.9. The summed E-state index contributed by atoms with van der Waals surface area (Å²) >= 11 is 6.27. The molecule has 0 amide bonds. The maximum Gasteiger partial charge on any atom is 0.127 e. The van der Waals surface area contributed by atoms with E-state index in [9.17, 15) is 0 Å². The van der Waals surface area contributed by atoms with Crippen LogP contribution in [0.4, 0.5) is 22.7 Å². The first-order valence-corrected chi connectivity index (χ1v) is 54.0. The monoisotopic (exact) mass is 1970 g/mol. The predicted octanol–water partition coefficient (Wildman–Crippen LogP) is 29.8. The van der Waals surface area contributed by atoms with E-state index in [1.807, 2.05) is 25.2 Å². The van der Waals surface area contributed by atoms with Gasteiger partial charge in [-0.15, -0.1) is 0 Å². The van der Waals surface area contributed by atoms with Crippen LogP contribution in [0.25, 0.3) is 47.1 Å². The second-order valence-electron chi connectivity index (χ2n) is 40.9. The maximum atomic E-state index is 6.27. The van der Waals surface area contributed by atoms with Gasteiger partial charge in [-0.25, -0.2) is 0 Å². The average Bonchev–Trinajstić information content (AvgIpc) is 1.70. The normalized spacial score (nSPS) is 15.2. The van der Waals surface area contributed by atoms with Gasteiger partial charge in [0.05, 0.1) is 0 Å². The minimum Gasteiger partial charge on any atom is -0.488 e. The highest BCUT2D eigenvalue weighted by molar-refractivity contribution is 6.31. The van der Waals surface area contributed by atoms with Crippen molar-refractivity contribution in [3.05, 3.63) is 491 Å². The minimum absolute atomic E-state index is 0.263. The molecule has 3 aliphatic heterocycles. The molecule has 2 N–H and O–H groups in total. The number of ether oxygens (including phenoxy) is 1. The van der Waals surface area contributed by atoms with Gasteiger partial charge >= 0.3 is 0 Å². The van der Waals surface area contributed by atoms with Crippen LogP contribution in [-0.4, -0.2) is 168 Å². The molecular formula is C136H156ClN9O. The van der Waals surface area contributed by atoms with Crippen LogP contribution in [-0.2, 0) is 50.5 Å². The average molecular weight is 1970 g/mol. The van der Waals surface area contributed by atoms with Crippen LogP contribution in [0.5, 0.6) is 5.75 Å². The molecule has 8 aliphatic rings. The Kier molecular flexibility index (Phi) is 40.9. The lowest BCUT2D eigenvalue weighted by Gasteiger charge is -2.50. The van der Waals surface area contributed by atoms with E-state index in [0.29, 0.717) is 12.5 Å². The van der Waals surface area contributed by atoms with Crippen molar-refractivity contribution in [3.8, 4) is 5.75 Å². The molecule has 147 heavy (non-hydrogen) atoms. The van der Waals surface area contributed by atoms with Gasteiger partial charge in [0, 0.05) is 77.4 Å². The molecule has 5 aliphatic carbocycles. The van der Waals surface area contributed by atoms with Crippen LogP contribution in [0.3, 0.4) is 0 Å². The van der Waals surface area contributed by atoms with Gasteiger partial charge in [0.2, 0.25) is 0 Å². The molecule has 0 fully saturated rings. The van der Waals surface area contributed by atoms with Crippen molar-refractivity contribution in [2.75, 3.05) is 153 Å². The van der Waals surface area contributed by atoms with Crippen molar-refractivity contribution in [1.82, 2.24) is 35.1 Å². The third kappa shape index (κ3) is 29.5. The number of hydrogen-bond donors (Lipinski definition) is 2. The summed E-state index contributed by atoms with van der Waals surface area (Å²) in [7, 11) is 25.3. The molecule has 22 rings (SSSR count). The number of anilines is 4. The molecule has 0 spiro atoms. The number of nitrogens with one attached hydrogen (secondary N) is 2. The molecule has 11 heteroatoms. The van der Waals surface area contributed by atoms with E-state index in [1.165, 1.54) is 172 Å². The molecule has 14 aromatic carbocycles. The number of hydrogen-bond acceptors (Lipinski definition) is 10. The summed E-state index contributed by atoms with van der Waals surface area (Å²) in [5.74, 6) is 1.60. The molecular weight excluding hydrogens is 1810 g/mol. The van der Waals surface area contributed by atoms with Gasteiger partial charge in [-0.1, -0.05) is 370 Å². The highest BCUT2D eigenvalue weighted by Gasteiger charge is 2.47. The van der Waals surface area contributed by atoms with Crippen molar-refractivity contribution in [2.45, 2.75) is 121 Å². The van der Waals surface area contributed by atoms with Gasteiger partial charge in [-0.2, -0.15) is 0 Å². The first kappa shape index (κ1) is 108. The quantitative estimate of drug-likeness (QED) is 0.0385. The van der Waals surface area contributed by atoms with Gasteiger partial charge < -0.3 is 49.7 Å². The smallest absolute Gasteiger partial charge is 0.127 e. The fraction of sp³-hybridized carbons (Fsp3) is 0.294. The van der Waals surface area contributed by atoms with Crippen LogP contribution >= 0.6 is 11.6 Å². The summed E-state index contributed by atoms with van der Waals surface area (Å²) in [6, 6.07) is 122. The molecule has 0 saturated heterocycles. The lowest BCUT2D eigenvalue weighted by Crippen LogP contribution is -2.40. The number of rotatable bonds is 27. The van der Waals surface area contributed by atoms with Crippen LogP contribution in [0.1, 0.15) is 193 Å². The van der Waals surface area contributed by atoms with E-state index in [1.54, 1.807) is 22.3 Å². The van der Waals surface area contributed by atoms with Crippen LogP contribution in [0.2, 0.25) is 5.02 Å². The van der Waals surface area contributed by atoms with Crippen molar-refractivity contribution in [3.63, 3.8) is 0 Å². The third-order valence-electron chi connectivity index (χ3n) is 29.1. The molecule has 0 saturated carbocycles. The van der Waals surface area contributed by atoms with Crippen LogP contribution in [0.15, 0.2) is 364 Å². The number of aryl methyl sites for hydroxylation is 6. The molecule has 0 atom stereocenters. The SMILES string of the molecule is CN(C)CC/C=C/c1ccccc1/C=C\c1ccccc1.CN(C)CC/C=C1\c2ccccc2COc2ccccc21.CN(C)CCC=C1c2ccccc2CCc2ccccc21.CN(C)CCCN1c2ccccc2CCc2ccc(Cl)cc21.CN(C)CCCN1c2ccccc2CCc2ccccc21.CNCCC=C1c2ccccc2C=Cc2ccccc21.CNCCCC12CCC(c3ccccc31)c1ccccc12. The molecule has 10 nitrogen and oxygen atoms in total. The Hall–Kier alpha value is -13.1. The zero-order valence-corrected chi connectivity index (χ0v) is 90.2. The Balaban J connectivity index is 0.000000129. The van der Waals surface area contributed by atoms with E-state index in [2.05, 4.69) is 499 Å². The molecule has 14 aromatic rings. The van der Waals surface area contributed by atoms with E-state index < -0.39 is 0 Å². The summed E-state index contributed by atoms with van der Waals surface area (Å²) in [5.41, 5.74) is 40.4. The highest BCUT2D eigenvalue weighted by atomic mass is 35.5. The number of fused-ring (bicyclic) bond motifs is 11. The molecule has 2 bridgehead atoms. The van der Waals surface area contributed by atoms with Crippen molar-refractivity contribution >= 4 is 81.4 Å². The van der Waals surface area contributed by atoms with Gasteiger partial charge in [-0.3, -0.25) is 0 Å². The van der Waals surface area contributed by atoms with Crippen LogP contribution in [0, 0.1) is 0 Å². The zero-order chi connectivity index (χ0) is 102. The topological polar surface area (TPSA) is 56.0 Å². The Morgan fingerprint density at radius 1 is 0.340 bits per heavy atom. The molecule has 0 aromatic heterocycles. The molecule has 0 unspecified atom stereocenters. The molecule has 0 radical (unpaired) electrons. The van der Waals surface area contributed by atoms with E-state index >= 15 is 0 Å². The Labute approximate surface area is 886 Å². The predicted molar refractivity (Wildman–Crippen MR) is 633 cm³/mol. The van der Waals surface area contributed by atoms with E-state index in [0.717, 1.165) is 140 Å². The minimum atomic E-state index is 0.263. The fourth-order valence-electron chi connectivity index (χ4n) is 21.6. The first-order valence-electron chi connectivity index (χ1n) is 53.7. The largest absolute Gasteiger partial charge is 0.488 e. The third-order valence-corrected chi connectivity index (χ3v) is 29.3. The number of halogens is 1. The number of para-hydroxylation sites is 4. The summed E-state index contributed by atoms with van der Waals surface area (Å²) < 4.78 is 5.98. The van der Waals surface area contributed by atoms with Gasteiger partial charge in [0.25, 0.3) is 0 Å². The molecule has 3 heterocycles. The van der Waals surface area contributed by atoms with Crippen LogP contribution < -0.4 is 25.2 Å². The fourth-order valence-corrected chi connectivity index (χ4v) is 21.8. The van der Waals surface area contributed by atoms with Gasteiger partial charge in [0.15, 0.2) is 0 Å². The number of benzene rings is 14. The van der Waals surface area contributed by atoms with Gasteiger partial charge in [0.1, 0.15) is 12.4 Å².